The first kappa shape index (κ1) is 13.7. The Bertz CT molecular complexity index is 506. The number of nitrogens with zero attached hydrogens (tertiary/aromatic N) is 4. The second-order valence-electron chi connectivity index (χ2n) is 4.66. The van der Waals surface area contributed by atoms with Gasteiger partial charge >= 0.3 is 0 Å². The molecule has 0 saturated carbocycles. The molecule has 2 aromatic heterocycles. The predicted molar refractivity (Wildman–Crippen MR) is 68.3 cm³/mol. The molecule has 2 aromatic rings. The van der Waals surface area contributed by atoms with E-state index in [1.54, 1.807) is 11.8 Å². The van der Waals surface area contributed by atoms with Crippen LogP contribution in [0.1, 0.15) is 31.0 Å². The molecule has 0 spiro atoms. The van der Waals surface area contributed by atoms with Crippen molar-refractivity contribution in [1.29, 1.82) is 0 Å². The standard InChI is InChI=1S/C12H19N5O2/c1-9(2)13-5-11-7-17(16-14-11)6-10-4-12(8-18-3)19-15-10/h4,7,9,13H,5-6,8H2,1-3H3. The molecular weight excluding hydrogens is 246 g/mol. The Morgan fingerprint density at radius 2 is 2.26 bits per heavy atom. The summed E-state index contributed by atoms with van der Waals surface area (Å²) in [5, 5.41) is 15.4. The molecule has 2 heterocycles. The SMILES string of the molecule is COCc1cc(Cn2cc(CNC(C)C)nn2)no1. The number of nitrogens with one attached hydrogen (secondary N) is 1. The number of rotatable bonds is 7. The van der Waals surface area contributed by atoms with Gasteiger partial charge in [-0.05, 0) is 0 Å². The summed E-state index contributed by atoms with van der Waals surface area (Å²) in [6.45, 7) is 5.87. The highest BCUT2D eigenvalue weighted by Crippen LogP contribution is 2.06. The molecular formula is C12H19N5O2. The first-order valence-electron chi connectivity index (χ1n) is 6.23. The summed E-state index contributed by atoms with van der Waals surface area (Å²) in [6.07, 6.45) is 1.90. The molecule has 0 radical (unpaired) electrons. The van der Waals surface area contributed by atoms with Crippen LogP contribution >= 0.6 is 0 Å². The second kappa shape index (κ2) is 6.44. The van der Waals surface area contributed by atoms with Crippen molar-refractivity contribution < 1.29 is 9.26 Å². The average molecular weight is 265 g/mol. The molecule has 0 atom stereocenters. The highest BCUT2D eigenvalue weighted by molar-refractivity contribution is 5.05. The van der Waals surface area contributed by atoms with E-state index in [4.69, 9.17) is 9.26 Å². The topological polar surface area (TPSA) is 78.0 Å². The molecule has 0 amide bonds. The fourth-order valence-corrected chi connectivity index (χ4v) is 1.61. The number of aromatic nitrogens is 4. The van der Waals surface area contributed by atoms with E-state index in [1.807, 2.05) is 12.3 Å². The van der Waals surface area contributed by atoms with Crippen molar-refractivity contribution in [3.63, 3.8) is 0 Å². The van der Waals surface area contributed by atoms with E-state index in [-0.39, 0.29) is 0 Å². The minimum absolute atomic E-state index is 0.425. The number of methoxy groups -OCH3 is 1. The summed E-state index contributed by atoms with van der Waals surface area (Å²) in [5.74, 6) is 0.708. The lowest BCUT2D eigenvalue weighted by molar-refractivity contribution is 0.155. The van der Waals surface area contributed by atoms with Crippen molar-refractivity contribution in [3.05, 3.63) is 29.4 Å². The molecule has 104 valence electrons. The Morgan fingerprint density at radius 1 is 1.42 bits per heavy atom. The molecule has 7 heteroatoms. The third kappa shape index (κ3) is 4.15. The van der Waals surface area contributed by atoms with Gasteiger partial charge in [-0.3, -0.25) is 0 Å². The summed E-state index contributed by atoms with van der Waals surface area (Å²) in [6, 6.07) is 2.29. The first-order chi connectivity index (χ1) is 9.17. The molecule has 2 rings (SSSR count). The molecule has 0 aliphatic heterocycles. The lowest BCUT2D eigenvalue weighted by Crippen LogP contribution is -2.21. The zero-order chi connectivity index (χ0) is 13.7. The van der Waals surface area contributed by atoms with Gasteiger partial charge in [0.15, 0.2) is 5.76 Å². The zero-order valence-corrected chi connectivity index (χ0v) is 11.5. The molecule has 0 aliphatic carbocycles. The Morgan fingerprint density at radius 3 is 3.00 bits per heavy atom. The molecule has 0 bridgehead atoms. The van der Waals surface area contributed by atoms with E-state index >= 15 is 0 Å². The van der Waals surface area contributed by atoms with E-state index < -0.39 is 0 Å². The summed E-state index contributed by atoms with van der Waals surface area (Å²) in [7, 11) is 1.62. The van der Waals surface area contributed by atoms with Crippen LogP contribution in [0, 0.1) is 0 Å². The molecule has 7 nitrogen and oxygen atoms in total. The number of hydrogen-bond acceptors (Lipinski definition) is 6. The van der Waals surface area contributed by atoms with Gasteiger partial charge in [-0.1, -0.05) is 24.2 Å². The molecule has 0 aromatic carbocycles. The van der Waals surface area contributed by atoms with Crippen molar-refractivity contribution in [2.24, 2.45) is 0 Å². The predicted octanol–water partition coefficient (Wildman–Crippen LogP) is 0.959. The van der Waals surface area contributed by atoms with Crippen LogP contribution in [-0.2, 0) is 24.4 Å². The van der Waals surface area contributed by atoms with Gasteiger partial charge in [0.2, 0.25) is 0 Å². The van der Waals surface area contributed by atoms with Gasteiger partial charge in [-0.25, -0.2) is 4.68 Å². The van der Waals surface area contributed by atoms with Gasteiger partial charge < -0.3 is 14.6 Å². The van der Waals surface area contributed by atoms with Crippen molar-refractivity contribution in [2.45, 2.75) is 39.6 Å². The summed E-state index contributed by atoms with van der Waals surface area (Å²) in [4.78, 5) is 0. The third-order valence-corrected chi connectivity index (χ3v) is 2.50. The quantitative estimate of drug-likeness (QED) is 0.803. The monoisotopic (exact) mass is 265 g/mol. The van der Waals surface area contributed by atoms with Gasteiger partial charge in [-0.15, -0.1) is 5.10 Å². The minimum atomic E-state index is 0.425. The molecule has 0 saturated heterocycles. The van der Waals surface area contributed by atoms with Crippen LogP contribution in [0.4, 0.5) is 0 Å². The largest absolute Gasteiger partial charge is 0.377 e. The van der Waals surface area contributed by atoms with E-state index in [2.05, 4.69) is 34.6 Å². The fraction of sp³-hybridized carbons (Fsp3) is 0.583. The van der Waals surface area contributed by atoms with Gasteiger partial charge in [0, 0.05) is 25.8 Å². The van der Waals surface area contributed by atoms with Crippen LogP contribution in [0.2, 0.25) is 0 Å². The van der Waals surface area contributed by atoms with Gasteiger partial charge in [-0.2, -0.15) is 0 Å². The lowest BCUT2D eigenvalue weighted by atomic mass is 10.3. The average Bonchev–Trinajstić information content (AvgIpc) is 2.98. The van der Waals surface area contributed by atoms with E-state index in [0.29, 0.717) is 31.5 Å². The Labute approximate surface area is 111 Å². The zero-order valence-electron chi connectivity index (χ0n) is 11.5. The summed E-state index contributed by atoms with van der Waals surface area (Å²) < 4.78 is 11.8. The maximum Gasteiger partial charge on any atom is 0.162 e. The van der Waals surface area contributed by atoms with Crippen molar-refractivity contribution in [3.8, 4) is 0 Å². The van der Waals surface area contributed by atoms with Crippen LogP contribution in [-0.4, -0.2) is 33.3 Å². The Hall–Kier alpha value is -1.73. The molecule has 0 unspecified atom stereocenters. The normalized spacial score (nSPS) is 11.4. The Kier molecular flexibility index (Phi) is 4.64. The van der Waals surface area contributed by atoms with Crippen LogP contribution < -0.4 is 5.32 Å². The van der Waals surface area contributed by atoms with E-state index in [1.165, 1.54) is 0 Å². The van der Waals surface area contributed by atoms with Gasteiger partial charge in [0.05, 0.1) is 18.4 Å². The summed E-state index contributed by atoms with van der Waals surface area (Å²) in [5.41, 5.74) is 1.72. The molecule has 19 heavy (non-hydrogen) atoms. The van der Waals surface area contributed by atoms with E-state index in [0.717, 1.165) is 11.4 Å². The summed E-state index contributed by atoms with van der Waals surface area (Å²) >= 11 is 0. The Balaban J connectivity index is 1.91. The van der Waals surface area contributed by atoms with E-state index in [9.17, 15) is 0 Å². The third-order valence-electron chi connectivity index (χ3n) is 2.50. The molecule has 1 N–H and O–H groups in total. The number of hydrogen-bond donors (Lipinski definition) is 1. The second-order valence-corrected chi connectivity index (χ2v) is 4.66. The van der Waals surface area contributed by atoms with Crippen LogP contribution in [0.25, 0.3) is 0 Å². The van der Waals surface area contributed by atoms with Crippen LogP contribution in [0.5, 0.6) is 0 Å². The maximum atomic E-state index is 5.11. The fourth-order valence-electron chi connectivity index (χ4n) is 1.61. The van der Waals surface area contributed by atoms with Gasteiger partial charge in [0.1, 0.15) is 12.3 Å². The minimum Gasteiger partial charge on any atom is -0.377 e. The number of ether oxygens (including phenoxy) is 1. The van der Waals surface area contributed by atoms with Crippen molar-refractivity contribution in [2.75, 3.05) is 7.11 Å². The van der Waals surface area contributed by atoms with Crippen LogP contribution in [0.15, 0.2) is 16.8 Å². The molecule has 0 fully saturated rings. The highest BCUT2D eigenvalue weighted by Gasteiger charge is 2.07. The first-order valence-corrected chi connectivity index (χ1v) is 6.23. The van der Waals surface area contributed by atoms with Gasteiger partial charge in [0.25, 0.3) is 0 Å². The maximum absolute atomic E-state index is 5.11. The smallest absolute Gasteiger partial charge is 0.162 e. The van der Waals surface area contributed by atoms with Crippen LogP contribution in [0.3, 0.4) is 0 Å². The van der Waals surface area contributed by atoms with Crippen molar-refractivity contribution in [1.82, 2.24) is 25.5 Å². The molecule has 0 aliphatic rings. The van der Waals surface area contributed by atoms with Crippen molar-refractivity contribution >= 4 is 0 Å². The lowest BCUT2D eigenvalue weighted by Gasteiger charge is -2.03. The highest BCUT2D eigenvalue weighted by atomic mass is 16.5.